The molecule has 25 heavy (non-hydrogen) atoms. The molecule has 4 nitrogen and oxygen atoms in total. The monoisotopic (exact) mass is 373 g/mol. The van der Waals surface area contributed by atoms with Crippen LogP contribution in [0.25, 0.3) is 22.3 Å². The van der Waals surface area contributed by atoms with Crippen molar-refractivity contribution < 1.29 is 0 Å². The number of benzene rings is 1. The Morgan fingerprint density at radius 3 is 2.64 bits per heavy atom. The predicted molar refractivity (Wildman–Crippen MR) is 106 cm³/mol. The van der Waals surface area contributed by atoms with E-state index in [1.54, 1.807) is 16.7 Å². The van der Waals surface area contributed by atoms with E-state index in [1.807, 2.05) is 30.5 Å². The van der Waals surface area contributed by atoms with E-state index in [2.05, 4.69) is 16.9 Å². The van der Waals surface area contributed by atoms with Crippen LogP contribution in [0.5, 0.6) is 0 Å². The maximum absolute atomic E-state index is 12.4. The SMILES string of the molecule is CCCCCn1c(=O)ccc2c(-c3ccccc3Cl)nc(SC)nc21. The second-order valence-corrected chi connectivity index (χ2v) is 6.99. The highest BCUT2D eigenvalue weighted by Crippen LogP contribution is 2.32. The van der Waals surface area contributed by atoms with Gasteiger partial charge < -0.3 is 0 Å². The van der Waals surface area contributed by atoms with Gasteiger partial charge in [-0.1, -0.05) is 61.3 Å². The minimum absolute atomic E-state index is 0.0283. The van der Waals surface area contributed by atoms with Crippen LogP contribution in [0.2, 0.25) is 5.02 Å². The molecule has 6 heteroatoms. The summed E-state index contributed by atoms with van der Waals surface area (Å²) < 4.78 is 1.76. The molecule has 0 aliphatic heterocycles. The Labute approximate surface area is 156 Å². The molecule has 1 aromatic carbocycles. The van der Waals surface area contributed by atoms with Crippen LogP contribution in [0.15, 0.2) is 46.3 Å². The fourth-order valence-corrected chi connectivity index (χ4v) is 3.42. The molecule has 0 spiro atoms. The average molecular weight is 374 g/mol. The Kier molecular flexibility index (Phi) is 5.76. The summed E-state index contributed by atoms with van der Waals surface area (Å²) in [5.74, 6) is 0. The Morgan fingerprint density at radius 1 is 1.12 bits per heavy atom. The molecule has 0 unspecified atom stereocenters. The van der Waals surface area contributed by atoms with Crippen LogP contribution in [-0.4, -0.2) is 20.8 Å². The first kappa shape index (κ1) is 18.0. The number of fused-ring (bicyclic) bond motifs is 1. The van der Waals surface area contributed by atoms with Gasteiger partial charge in [0.05, 0.1) is 5.69 Å². The van der Waals surface area contributed by atoms with Gasteiger partial charge in [0.25, 0.3) is 5.56 Å². The molecule has 3 rings (SSSR count). The molecule has 3 aromatic rings. The van der Waals surface area contributed by atoms with E-state index >= 15 is 0 Å². The number of rotatable bonds is 6. The minimum atomic E-state index is -0.0283. The fourth-order valence-electron chi connectivity index (χ4n) is 2.83. The molecule has 0 saturated carbocycles. The average Bonchev–Trinajstić information content (AvgIpc) is 2.63. The zero-order valence-corrected chi connectivity index (χ0v) is 15.9. The Bertz CT molecular complexity index is 955. The molecule has 0 N–H and O–H groups in total. The van der Waals surface area contributed by atoms with Crippen molar-refractivity contribution in [2.45, 2.75) is 37.9 Å². The van der Waals surface area contributed by atoms with Crippen LogP contribution in [0, 0.1) is 0 Å². The highest BCUT2D eigenvalue weighted by atomic mass is 35.5. The van der Waals surface area contributed by atoms with Gasteiger partial charge in [-0.2, -0.15) is 0 Å². The summed E-state index contributed by atoms with van der Waals surface area (Å²) in [5.41, 5.74) is 2.27. The Hall–Kier alpha value is -1.85. The number of thioether (sulfide) groups is 1. The summed E-state index contributed by atoms with van der Waals surface area (Å²) in [6.07, 6.45) is 5.08. The summed E-state index contributed by atoms with van der Waals surface area (Å²) in [6, 6.07) is 11.0. The van der Waals surface area contributed by atoms with E-state index in [-0.39, 0.29) is 5.56 Å². The van der Waals surface area contributed by atoms with Gasteiger partial charge in [-0.05, 0) is 24.8 Å². The predicted octanol–water partition coefficient (Wildman–Crippen LogP) is 5.02. The molecule has 2 aromatic heterocycles. The number of pyridine rings is 1. The van der Waals surface area contributed by atoms with Gasteiger partial charge in [-0.15, -0.1) is 0 Å². The lowest BCUT2D eigenvalue weighted by molar-refractivity contribution is 0.597. The van der Waals surface area contributed by atoms with Crippen LogP contribution in [0.1, 0.15) is 26.2 Å². The van der Waals surface area contributed by atoms with Crippen molar-refractivity contribution in [1.29, 1.82) is 0 Å². The van der Waals surface area contributed by atoms with Crippen molar-refractivity contribution in [3.8, 4) is 11.3 Å². The zero-order valence-electron chi connectivity index (χ0n) is 14.3. The smallest absolute Gasteiger partial charge is 0.252 e. The number of nitrogens with zero attached hydrogens (tertiary/aromatic N) is 3. The summed E-state index contributed by atoms with van der Waals surface area (Å²) in [7, 11) is 0. The third-order valence-electron chi connectivity index (χ3n) is 4.12. The van der Waals surface area contributed by atoms with Crippen molar-refractivity contribution in [3.63, 3.8) is 0 Å². The van der Waals surface area contributed by atoms with Gasteiger partial charge in [-0.3, -0.25) is 9.36 Å². The molecule has 0 atom stereocenters. The van der Waals surface area contributed by atoms with Crippen molar-refractivity contribution >= 4 is 34.4 Å². The van der Waals surface area contributed by atoms with Gasteiger partial charge in [0.15, 0.2) is 5.16 Å². The van der Waals surface area contributed by atoms with Gasteiger partial charge in [0.1, 0.15) is 5.65 Å². The lowest BCUT2D eigenvalue weighted by Crippen LogP contribution is -2.21. The van der Waals surface area contributed by atoms with Crippen molar-refractivity contribution in [2.24, 2.45) is 0 Å². The van der Waals surface area contributed by atoms with Crippen molar-refractivity contribution in [3.05, 3.63) is 51.8 Å². The summed E-state index contributed by atoms with van der Waals surface area (Å²) in [6.45, 7) is 2.81. The van der Waals surface area contributed by atoms with E-state index < -0.39 is 0 Å². The van der Waals surface area contributed by atoms with Crippen LogP contribution < -0.4 is 5.56 Å². The molecular weight excluding hydrogens is 354 g/mol. The minimum Gasteiger partial charge on any atom is -0.293 e. The molecule has 0 aliphatic carbocycles. The van der Waals surface area contributed by atoms with E-state index in [0.717, 1.165) is 35.9 Å². The van der Waals surface area contributed by atoms with E-state index in [4.69, 9.17) is 11.6 Å². The molecule has 0 aliphatic rings. The van der Waals surface area contributed by atoms with Gasteiger partial charge in [0.2, 0.25) is 0 Å². The van der Waals surface area contributed by atoms with Gasteiger partial charge in [-0.25, -0.2) is 9.97 Å². The fraction of sp³-hybridized carbons (Fsp3) is 0.316. The second-order valence-electron chi connectivity index (χ2n) is 5.81. The van der Waals surface area contributed by atoms with Crippen molar-refractivity contribution in [1.82, 2.24) is 14.5 Å². The highest BCUT2D eigenvalue weighted by Gasteiger charge is 2.15. The van der Waals surface area contributed by atoms with E-state index in [1.165, 1.54) is 11.8 Å². The molecule has 2 heterocycles. The maximum atomic E-state index is 12.4. The molecular formula is C19H20ClN3OS. The number of unbranched alkanes of at least 4 members (excludes halogenated alkanes) is 2. The molecule has 0 saturated heterocycles. The van der Waals surface area contributed by atoms with Crippen LogP contribution in [0.3, 0.4) is 0 Å². The molecule has 130 valence electrons. The molecule has 0 bridgehead atoms. The summed E-state index contributed by atoms with van der Waals surface area (Å²) in [4.78, 5) is 21.7. The Morgan fingerprint density at radius 2 is 1.92 bits per heavy atom. The number of hydrogen-bond donors (Lipinski definition) is 0. The number of halogens is 1. The third-order valence-corrected chi connectivity index (χ3v) is 4.99. The van der Waals surface area contributed by atoms with Crippen LogP contribution >= 0.6 is 23.4 Å². The van der Waals surface area contributed by atoms with Gasteiger partial charge >= 0.3 is 0 Å². The second kappa shape index (κ2) is 8.02. The largest absolute Gasteiger partial charge is 0.293 e. The van der Waals surface area contributed by atoms with Crippen LogP contribution in [0.4, 0.5) is 0 Å². The van der Waals surface area contributed by atoms with E-state index in [9.17, 15) is 4.79 Å². The zero-order chi connectivity index (χ0) is 17.8. The first-order valence-electron chi connectivity index (χ1n) is 8.36. The standard InChI is InChI=1S/C19H20ClN3OS/c1-3-4-7-12-23-16(24)11-10-14-17(13-8-5-6-9-15(13)20)21-19(25-2)22-18(14)23/h5-6,8-11H,3-4,7,12H2,1-2H3. The number of aromatic nitrogens is 3. The number of aryl methyl sites for hydroxylation is 1. The third kappa shape index (κ3) is 3.72. The summed E-state index contributed by atoms with van der Waals surface area (Å²) >= 11 is 7.85. The Balaban J connectivity index is 2.26. The topological polar surface area (TPSA) is 47.8 Å². The quantitative estimate of drug-likeness (QED) is 0.345. The molecule has 0 radical (unpaired) electrons. The van der Waals surface area contributed by atoms with E-state index in [0.29, 0.717) is 22.4 Å². The van der Waals surface area contributed by atoms with Crippen LogP contribution in [-0.2, 0) is 6.54 Å². The lowest BCUT2D eigenvalue weighted by Gasteiger charge is -2.13. The number of hydrogen-bond acceptors (Lipinski definition) is 4. The first-order chi connectivity index (χ1) is 12.2. The highest BCUT2D eigenvalue weighted by molar-refractivity contribution is 7.98. The van der Waals surface area contributed by atoms with Gasteiger partial charge in [0, 0.05) is 28.6 Å². The normalized spacial score (nSPS) is 11.2. The maximum Gasteiger partial charge on any atom is 0.252 e. The lowest BCUT2D eigenvalue weighted by atomic mass is 10.1. The molecule has 0 amide bonds. The summed E-state index contributed by atoms with van der Waals surface area (Å²) in [5, 5.41) is 2.12. The first-order valence-corrected chi connectivity index (χ1v) is 9.96. The van der Waals surface area contributed by atoms with Crippen molar-refractivity contribution in [2.75, 3.05) is 6.26 Å². The molecule has 0 fully saturated rings.